The van der Waals surface area contributed by atoms with Crippen molar-refractivity contribution in [3.05, 3.63) is 28.8 Å². The fraction of sp³-hybridized carbons (Fsp3) is 0.500. The topological polar surface area (TPSA) is 55.1 Å². The summed E-state index contributed by atoms with van der Waals surface area (Å²) in [4.78, 5) is 12.1. The van der Waals surface area contributed by atoms with Crippen LogP contribution < -0.4 is 11.1 Å². The SMILES string of the molecule is Cc1cc(C)c(NC(=O)C2(CN)CC2)cc1C. The van der Waals surface area contributed by atoms with Crippen molar-refractivity contribution < 1.29 is 4.79 Å². The molecule has 0 spiro atoms. The van der Waals surface area contributed by atoms with Crippen molar-refractivity contribution >= 4 is 11.6 Å². The molecule has 3 heteroatoms. The second-order valence-electron chi connectivity index (χ2n) is 5.19. The van der Waals surface area contributed by atoms with Crippen molar-refractivity contribution in [2.75, 3.05) is 11.9 Å². The van der Waals surface area contributed by atoms with E-state index in [0.717, 1.165) is 24.1 Å². The summed E-state index contributed by atoms with van der Waals surface area (Å²) in [5.74, 6) is 0.0753. The molecular formula is C14H20N2O. The average Bonchev–Trinajstić information content (AvgIpc) is 3.06. The van der Waals surface area contributed by atoms with E-state index in [-0.39, 0.29) is 11.3 Å². The van der Waals surface area contributed by atoms with Crippen LogP contribution in [0.1, 0.15) is 29.5 Å². The summed E-state index contributed by atoms with van der Waals surface area (Å²) in [5, 5.41) is 3.01. The van der Waals surface area contributed by atoms with Gasteiger partial charge in [-0.3, -0.25) is 4.79 Å². The van der Waals surface area contributed by atoms with Crippen molar-refractivity contribution in [3.8, 4) is 0 Å². The Kier molecular flexibility index (Phi) is 2.96. The van der Waals surface area contributed by atoms with Gasteiger partial charge in [-0.1, -0.05) is 6.07 Å². The molecule has 1 aromatic rings. The lowest BCUT2D eigenvalue weighted by Crippen LogP contribution is -2.31. The van der Waals surface area contributed by atoms with Crippen LogP contribution in [0.3, 0.4) is 0 Å². The van der Waals surface area contributed by atoms with Crippen LogP contribution in [0, 0.1) is 26.2 Å². The normalized spacial score (nSPS) is 16.7. The number of nitrogens with two attached hydrogens (primary N) is 1. The van der Waals surface area contributed by atoms with Gasteiger partial charge in [-0.05, 0) is 56.4 Å². The van der Waals surface area contributed by atoms with Crippen LogP contribution in [0.15, 0.2) is 12.1 Å². The molecule has 3 N–H and O–H groups in total. The summed E-state index contributed by atoms with van der Waals surface area (Å²) in [6.45, 7) is 6.60. The molecule has 0 atom stereocenters. The van der Waals surface area contributed by atoms with E-state index in [4.69, 9.17) is 5.73 Å². The molecule has 1 aliphatic rings. The second-order valence-corrected chi connectivity index (χ2v) is 5.19. The zero-order valence-electron chi connectivity index (χ0n) is 10.8. The molecule has 1 aromatic carbocycles. The Morgan fingerprint density at radius 3 is 2.35 bits per heavy atom. The Morgan fingerprint density at radius 2 is 1.82 bits per heavy atom. The molecule has 0 saturated heterocycles. The van der Waals surface area contributed by atoms with Crippen molar-refractivity contribution in [2.45, 2.75) is 33.6 Å². The summed E-state index contributed by atoms with van der Waals surface area (Å²) in [5.41, 5.74) is 9.84. The van der Waals surface area contributed by atoms with Gasteiger partial charge in [-0.25, -0.2) is 0 Å². The van der Waals surface area contributed by atoms with Gasteiger partial charge >= 0.3 is 0 Å². The van der Waals surface area contributed by atoms with Crippen LogP contribution in [0.2, 0.25) is 0 Å². The van der Waals surface area contributed by atoms with Crippen molar-refractivity contribution in [2.24, 2.45) is 11.1 Å². The zero-order valence-corrected chi connectivity index (χ0v) is 10.8. The Hall–Kier alpha value is -1.35. The quantitative estimate of drug-likeness (QED) is 0.840. The highest BCUT2D eigenvalue weighted by Crippen LogP contribution is 2.45. The molecule has 0 bridgehead atoms. The molecule has 1 aliphatic carbocycles. The Bertz CT molecular complexity index is 462. The molecule has 2 rings (SSSR count). The van der Waals surface area contributed by atoms with Gasteiger partial charge in [0.15, 0.2) is 0 Å². The second kappa shape index (κ2) is 4.15. The van der Waals surface area contributed by atoms with Crippen LogP contribution in [0.5, 0.6) is 0 Å². The largest absolute Gasteiger partial charge is 0.329 e. The van der Waals surface area contributed by atoms with E-state index in [1.165, 1.54) is 11.1 Å². The third-order valence-electron chi connectivity index (χ3n) is 3.81. The van der Waals surface area contributed by atoms with Gasteiger partial charge in [0.2, 0.25) is 5.91 Å². The first-order valence-electron chi connectivity index (χ1n) is 6.08. The molecule has 0 aromatic heterocycles. The third-order valence-corrected chi connectivity index (χ3v) is 3.81. The number of benzene rings is 1. The summed E-state index contributed by atoms with van der Waals surface area (Å²) in [6, 6.07) is 4.14. The predicted octanol–water partition coefficient (Wildman–Crippen LogP) is 2.29. The van der Waals surface area contributed by atoms with Gasteiger partial charge in [0.25, 0.3) is 0 Å². The lowest BCUT2D eigenvalue weighted by molar-refractivity contribution is -0.120. The van der Waals surface area contributed by atoms with Crippen LogP contribution in [0.25, 0.3) is 0 Å². The summed E-state index contributed by atoms with van der Waals surface area (Å²) in [7, 11) is 0. The van der Waals surface area contributed by atoms with Crippen LogP contribution in [-0.2, 0) is 4.79 Å². The summed E-state index contributed by atoms with van der Waals surface area (Å²) >= 11 is 0. The summed E-state index contributed by atoms with van der Waals surface area (Å²) in [6.07, 6.45) is 1.83. The molecule has 3 nitrogen and oxygen atoms in total. The highest BCUT2D eigenvalue weighted by atomic mass is 16.2. The van der Waals surface area contributed by atoms with Crippen LogP contribution in [-0.4, -0.2) is 12.5 Å². The van der Waals surface area contributed by atoms with E-state index in [0.29, 0.717) is 6.54 Å². The predicted molar refractivity (Wildman–Crippen MR) is 70.0 cm³/mol. The zero-order chi connectivity index (χ0) is 12.6. The number of carbonyl (C=O) groups excluding carboxylic acids is 1. The van der Waals surface area contributed by atoms with E-state index in [1.807, 2.05) is 13.0 Å². The summed E-state index contributed by atoms with van der Waals surface area (Å²) < 4.78 is 0. The van der Waals surface area contributed by atoms with Crippen LogP contribution in [0.4, 0.5) is 5.69 Å². The maximum Gasteiger partial charge on any atom is 0.231 e. The number of carbonyl (C=O) groups is 1. The molecule has 0 radical (unpaired) electrons. The molecule has 92 valence electrons. The Morgan fingerprint density at radius 1 is 1.24 bits per heavy atom. The number of rotatable bonds is 3. The lowest BCUT2D eigenvalue weighted by Gasteiger charge is -2.15. The minimum Gasteiger partial charge on any atom is -0.329 e. The monoisotopic (exact) mass is 232 g/mol. The van der Waals surface area contributed by atoms with Gasteiger partial charge < -0.3 is 11.1 Å². The Balaban J connectivity index is 2.19. The number of nitrogens with one attached hydrogen (secondary N) is 1. The molecule has 1 fully saturated rings. The number of hydrogen-bond donors (Lipinski definition) is 2. The smallest absolute Gasteiger partial charge is 0.231 e. The van der Waals surface area contributed by atoms with Crippen LogP contribution >= 0.6 is 0 Å². The fourth-order valence-electron chi connectivity index (χ4n) is 2.02. The average molecular weight is 232 g/mol. The highest BCUT2D eigenvalue weighted by molar-refractivity contribution is 5.98. The van der Waals surface area contributed by atoms with E-state index in [1.54, 1.807) is 0 Å². The van der Waals surface area contributed by atoms with E-state index in [2.05, 4.69) is 25.2 Å². The molecular weight excluding hydrogens is 212 g/mol. The van der Waals surface area contributed by atoms with E-state index < -0.39 is 0 Å². The number of aryl methyl sites for hydroxylation is 3. The van der Waals surface area contributed by atoms with E-state index >= 15 is 0 Å². The first kappa shape index (κ1) is 12.1. The van der Waals surface area contributed by atoms with Gasteiger partial charge in [0.05, 0.1) is 5.41 Å². The highest BCUT2D eigenvalue weighted by Gasteiger charge is 2.48. The van der Waals surface area contributed by atoms with Gasteiger partial charge in [-0.15, -0.1) is 0 Å². The van der Waals surface area contributed by atoms with Gasteiger partial charge in [0.1, 0.15) is 0 Å². The minimum atomic E-state index is -0.286. The van der Waals surface area contributed by atoms with Crippen molar-refractivity contribution in [1.29, 1.82) is 0 Å². The standard InChI is InChI=1S/C14H20N2O/c1-9-6-11(3)12(7-10(9)2)16-13(17)14(8-15)4-5-14/h6-7H,4-5,8,15H2,1-3H3,(H,16,17). The molecule has 1 amide bonds. The molecule has 0 unspecified atom stereocenters. The maximum absolute atomic E-state index is 12.1. The Labute approximate surface area is 102 Å². The maximum atomic E-state index is 12.1. The number of amides is 1. The lowest BCUT2D eigenvalue weighted by atomic mass is 10.0. The van der Waals surface area contributed by atoms with E-state index in [9.17, 15) is 4.79 Å². The van der Waals surface area contributed by atoms with Gasteiger partial charge in [0, 0.05) is 12.2 Å². The molecule has 0 aliphatic heterocycles. The number of hydrogen-bond acceptors (Lipinski definition) is 2. The minimum absolute atomic E-state index is 0.0753. The first-order chi connectivity index (χ1) is 7.98. The fourth-order valence-corrected chi connectivity index (χ4v) is 2.02. The molecule has 0 heterocycles. The number of anilines is 1. The first-order valence-corrected chi connectivity index (χ1v) is 6.08. The van der Waals surface area contributed by atoms with Crippen molar-refractivity contribution in [3.63, 3.8) is 0 Å². The third kappa shape index (κ3) is 2.20. The molecule has 17 heavy (non-hydrogen) atoms. The van der Waals surface area contributed by atoms with Gasteiger partial charge in [-0.2, -0.15) is 0 Å². The molecule has 1 saturated carbocycles. The van der Waals surface area contributed by atoms with Crippen molar-refractivity contribution in [1.82, 2.24) is 0 Å².